The van der Waals surface area contributed by atoms with Gasteiger partial charge in [-0.2, -0.15) is 0 Å². The van der Waals surface area contributed by atoms with Crippen molar-refractivity contribution in [1.29, 1.82) is 0 Å². The maximum atomic E-state index is 13.7. The van der Waals surface area contributed by atoms with Gasteiger partial charge in [0.25, 0.3) is 0 Å². The van der Waals surface area contributed by atoms with E-state index in [0.29, 0.717) is 24.3 Å². The molecule has 2 rings (SSSR count). The van der Waals surface area contributed by atoms with Gasteiger partial charge < -0.3 is 4.74 Å². The first-order valence-electron chi connectivity index (χ1n) is 6.24. The Balaban J connectivity index is 2.04. The molecule has 0 unspecified atom stereocenters. The molecule has 0 amide bonds. The van der Waals surface area contributed by atoms with Crippen molar-refractivity contribution < 1.29 is 9.13 Å². The topological polar surface area (TPSA) is 9.23 Å². The van der Waals surface area contributed by atoms with Gasteiger partial charge in [0, 0.05) is 12.5 Å². The molecule has 0 fully saturated rings. The molecule has 19 heavy (non-hydrogen) atoms. The van der Waals surface area contributed by atoms with Gasteiger partial charge in [-0.05, 0) is 17.7 Å². The lowest BCUT2D eigenvalue weighted by Crippen LogP contribution is -1.96. The summed E-state index contributed by atoms with van der Waals surface area (Å²) in [5.41, 5.74) is 1.46. The Morgan fingerprint density at radius 1 is 1.11 bits per heavy atom. The maximum Gasteiger partial charge on any atom is 0.142 e. The van der Waals surface area contributed by atoms with Crippen LogP contribution in [0.1, 0.15) is 24.5 Å². The van der Waals surface area contributed by atoms with Gasteiger partial charge in [0.15, 0.2) is 0 Å². The second-order valence-corrected chi connectivity index (χ2v) is 4.07. The molecule has 0 aromatic heterocycles. The third-order valence-corrected chi connectivity index (χ3v) is 2.59. The third-order valence-electron chi connectivity index (χ3n) is 2.59. The molecule has 0 N–H and O–H groups in total. The predicted octanol–water partition coefficient (Wildman–Crippen LogP) is 4.17. The fourth-order valence-corrected chi connectivity index (χ4v) is 1.61. The molecular weight excluding hydrogens is 239 g/mol. The van der Waals surface area contributed by atoms with E-state index in [1.807, 2.05) is 37.3 Å². The van der Waals surface area contributed by atoms with Gasteiger partial charge in [0.1, 0.15) is 18.2 Å². The summed E-state index contributed by atoms with van der Waals surface area (Å²) in [6, 6.07) is 14.6. The molecule has 1 nitrogen and oxygen atoms in total. The van der Waals surface area contributed by atoms with Crippen LogP contribution in [-0.2, 0) is 6.61 Å². The van der Waals surface area contributed by atoms with Crippen molar-refractivity contribution >= 4 is 0 Å². The van der Waals surface area contributed by atoms with Crippen LogP contribution < -0.4 is 4.74 Å². The van der Waals surface area contributed by atoms with Crippen LogP contribution in [0.3, 0.4) is 0 Å². The van der Waals surface area contributed by atoms with Gasteiger partial charge in [0.2, 0.25) is 0 Å². The molecule has 0 spiro atoms. The van der Waals surface area contributed by atoms with E-state index in [-0.39, 0.29) is 5.82 Å². The van der Waals surface area contributed by atoms with Crippen LogP contribution in [-0.4, -0.2) is 0 Å². The minimum atomic E-state index is -0.341. The van der Waals surface area contributed by atoms with E-state index in [1.54, 1.807) is 12.1 Å². The van der Waals surface area contributed by atoms with E-state index in [9.17, 15) is 4.39 Å². The lowest BCUT2D eigenvalue weighted by atomic mass is 10.2. The van der Waals surface area contributed by atoms with E-state index in [4.69, 9.17) is 4.74 Å². The highest BCUT2D eigenvalue weighted by atomic mass is 19.1. The highest BCUT2D eigenvalue weighted by Crippen LogP contribution is 2.17. The molecule has 0 bridgehead atoms. The number of benzene rings is 2. The molecule has 0 saturated heterocycles. The summed E-state index contributed by atoms with van der Waals surface area (Å²) < 4.78 is 19.3. The van der Waals surface area contributed by atoms with Crippen LogP contribution in [0, 0.1) is 17.7 Å². The summed E-state index contributed by atoms with van der Waals surface area (Å²) in [4.78, 5) is 0. The van der Waals surface area contributed by atoms with Gasteiger partial charge in [-0.3, -0.25) is 0 Å². The van der Waals surface area contributed by atoms with Crippen molar-refractivity contribution in [3.63, 3.8) is 0 Å². The van der Waals surface area contributed by atoms with E-state index in [0.717, 1.165) is 5.56 Å². The highest BCUT2D eigenvalue weighted by Gasteiger charge is 2.02. The molecular formula is C17H15FO. The van der Waals surface area contributed by atoms with Gasteiger partial charge >= 0.3 is 0 Å². The number of halogens is 1. The highest BCUT2D eigenvalue weighted by molar-refractivity contribution is 5.39. The van der Waals surface area contributed by atoms with Crippen molar-refractivity contribution in [3.05, 3.63) is 65.5 Å². The number of hydrogen-bond acceptors (Lipinski definition) is 1. The Bertz CT molecular complexity index is 594. The van der Waals surface area contributed by atoms with E-state index < -0.39 is 0 Å². The summed E-state index contributed by atoms with van der Waals surface area (Å²) >= 11 is 0. The Hall–Kier alpha value is -2.27. The van der Waals surface area contributed by atoms with Gasteiger partial charge in [-0.15, -0.1) is 0 Å². The van der Waals surface area contributed by atoms with Crippen LogP contribution in [0.25, 0.3) is 0 Å². The number of rotatable bonds is 3. The minimum Gasteiger partial charge on any atom is -0.489 e. The summed E-state index contributed by atoms with van der Waals surface area (Å²) in [6.45, 7) is 2.36. The second kappa shape index (κ2) is 6.61. The van der Waals surface area contributed by atoms with Crippen LogP contribution in [0.5, 0.6) is 5.75 Å². The number of ether oxygens (including phenoxy) is 1. The molecule has 2 aromatic rings. The monoisotopic (exact) mass is 254 g/mol. The first-order valence-corrected chi connectivity index (χ1v) is 6.24. The molecule has 0 saturated carbocycles. The third kappa shape index (κ3) is 3.86. The summed E-state index contributed by atoms with van der Waals surface area (Å²) in [6.07, 6.45) is 0.714. The Labute approximate surface area is 113 Å². The summed E-state index contributed by atoms with van der Waals surface area (Å²) in [5, 5.41) is 0. The zero-order chi connectivity index (χ0) is 13.5. The Morgan fingerprint density at radius 3 is 2.58 bits per heavy atom. The zero-order valence-corrected chi connectivity index (χ0v) is 10.8. The molecule has 0 aliphatic heterocycles. The molecule has 0 heterocycles. The average Bonchev–Trinajstić information content (AvgIpc) is 2.45. The van der Waals surface area contributed by atoms with Gasteiger partial charge in [0.05, 0.1) is 5.56 Å². The van der Waals surface area contributed by atoms with Crippen molar-refractivity contribution in [3.8, 4) is 17.6 Å². The molecule has 2 heteroatoms. The first kappa shape index (κ1) is 13.2. The van der Waals surface area contributed by atoms with Crippen LogP contribution in [0.15, 0.2) is 48.5 Å². The predicted molar refractivity (Wildman–Crippen MR) is 74.3 cm³/mol. The van der Waals surface area contributed by atoms with Crippen molar-refractivity contribution in [2.45, 2.75) is 20.0 Å². The summed E-state index contributed by atoms with van der Waals surface area (Å²) in [7, 11) is 0. The van der Waals surface area contributed by atoms with Crippen LogP contribution in [0.2, 0.25) is 0 Å². The second-order valence-electron chi connectivity index (χ2n) is 4.07. The van der Waals surface area contributed by atoms with Crippen LogP contribution in [0.4, 0.5) is 4.39 Å². The van der Waals surface area contributed by atoms with E-state index >= 15 is 0 Å². The Morgan fingerprint density at radius 2 is 1.89 bits per heavy atom. The first-order chi connectivity index (χ1) is 9.29. The fourth-order valence-electron chi connectivity index (χ4n) is 1.61. The molecule has 0 atom stereocenters. The standard InChI is InChI=1S/C17H15FO/c1-2-3-9-15-10-11-16(12-17(15)18)19-13-14-7-5-4-6-8-14/h4-8,10-12H,2,13H2,1H3. The molecule has 0 radical (unpaired) electrons. The van der Waals surface area contributed by atoms with Crippen molar-refractivity contribution in [2.24, 2.45) is 0 Å². The average molecular weight is 254 g/mol. The lowest BCUT2D eigenvalue weighted by Gasteiger charge is -2.06. The van der Waals surface area contributed by atoms with Gasteiger partial charge in [-0.1, -0.05) is 49.1 Å². The molecule has 0 aliphatic rings. The maximum absolute atomic E-state index is 13.7. The summed E-state index contributed by atoms with van der Waals surface area (Å²) in [5.74, 6) is 5.81. The Kier molecular flexibility index (Phi) is 4.58. The smallest absolute Gasteiger partial charge is 0.142 e. The number of hydrogen-bond donors (Lipinski definition) is 0. The molecule has 2 aromatic carbocycles. The minimum absolute atomic E-state index is 0.341. The SMILES string of the molecule is CCC#Cc1ccc(OCc2ccccc2)cc1F. The molecule has 96 valence electrons. The van der Waals surface area contributed by atoms with E-state index in [1.165, 1.54) is 6.07 Å². The van der Waals surface area contributed by atoms with E-state index in [2.05, 4.69) is 11.8 Å². The largest absolute Gasteiger partial charge is 0.489 e. The van der Waals surface area contributed by atoms with Crippen molar-refractivity contribution in [1.82, 2.24) is 0 Å². The van der Waals surface area contributed by atoms with Crippen molar-refractivity contribution in [2.75, 3.05) is 0 Å². The quantitative estimate of drug-likeness (QED) is 0.747. The zero-order valence-electron chi connectivity index (χ0n) is 10.8. The fraction of sp³-hybridized carbons (Fsp3) is 0.176. The van der Waals surface area contributed by atoms with Crippen LogP contribution >= 0.6 is 0 Å². The van der Waals surface area contributed by atoms with Gasteiger partial charge in [-0.25, -0.2) is 4.39 Å². The molecule has 0 aliphatic carbocycles. The lowest BCUT2D eigenvalue weighted by molar-refractivity contribution is 0.304. The normalized spacial score (nSPS) is 9.58.